The molecule has 1 aromatic carbocycles. The molecule has 0 aromatic heterocycles. The third-order valence-corrected chi connectivity index (χ3v) is 2.37. The van der Waals surface area contributed by atoms with Crippen molar-refractivity contribution in [2.75, 3.05) is 0 Å². The summed E-state index contributed by atoms with van der Waals surface area (Å²) in [6, 6.07) is 3.62. The van der Waals surface area contributed by atoms with Crippen LogP contribution in [0.25, 0.3) is 0 Å². The van der Waals surface area contributed by atoms with Crippen molar-refractivity contribution in [1.82, 2.24) is 0 Å². The van der Waals surface area contributed by atoms with E-state index in [1.54, 1.807) is 0 Å². The Hall–Kier alpha value is -1.17. The quantitative estimate of drug-likeness (QED) is 0.734. The van der Waals surface area contributed by atoms with Crippen LogP contribution in [0.1, 0.15) is 18.1 Å². The lowest BCUT2D eigenvalue weighted by Crippen LogP contribution is -2.25. The number of carbonyl (C=O) groups is 1. The highest BCUT2D eigenvalue weighted by atomic mass is 35.5. The van der Waals surface area contributed by atoms with Gasteiger partial charge in [0.2, 0.25) is 5.91 Å². The highest BCUT2D eigenvalue weighted by Gasteiger charge is 2.21. The van der Waals surface area contributed by atoms with Gasteiger partial charge in [0.05, 0.1) is 17.5 Å². The molecule has 4 nitrogen and oxygen atoms in total. The van der Waals surface area contributed by atoms with Crippen LogP contribution in [0, 0.1) is 5.82 Å². The number of amides is 1. The lowest BCUT2D eigenvalue weighted by Gasteiger charge is -2.16. The van der Waals surface area contributed by atoms with Gasteiger partial charge in [-0.15, -0.1) is 0 Å². The lowest BCUT2D eigenvalue weighted by molar-refractivity contribution is -0.121. The van der Waals surface area contributed by atoms with E-state index in [9.17, 15) is 19.4 Å². The van der Waals surface area contributed by atoms with Gasteiger partial charge in [-0.1, -0.05) is 17.7 Å². The molecule has 2 unspecified atom stereocenters. The first-order valence-corrected chi connectivity index (χ1v) is 4.89. The Morgan fingerprint density at radius 2 is 2.12 bits per heavy atom. The lowest BCUT2D eigenvalue weighted by atomic mass is 10.0. The molecule has 0 saturated heterocycles. The zero-order valence-electron chi connectivity index (χ0n) is 8.23. The second-order valence-corrected chi connectivity index (χ2v) is 3.76. The third-order valence-electron chi connectivity index (χ3n) is 2.06. The van der Waals surface area contributed by atoms with Crippen LogP contribution >= 0.6 is 11.6 Å². The highest BCUT2D eigenvalue weighted by molar-refractivity contribution is 6.30. The van der Waals surface area contributed by atoms with E-state index < -0.39 is 30.4 Å². The van der Waals surface area contributed by atoms with Gasteiger partial charge in [-0.25, -0.2) is 4.39 Å². The van der Waals surface area contributed by atoms with Crippen molar-refractivity contribution in [3.63, 3.8) is 0 Å². The molecule has 6 heteroatoms. The normalized spacial score (nSPS) is 14.5. The average Bonchev–Trinajstić information content (AvgIpc) is 2.20. The summed E-state index contributed by atoms with van der Waals surface area (Å²) >= 11 is 5.46. The van der Waals surface area contributed by atoms with Gasteiger partial charge in [0.1, 0.15) is 11.9 Å². The number of benzene rings is 1. The Bertz CT molecular complexity index is 400. The summed E-state index contributed by atoms with van der Waals surface area (Å²) in [6.07, 6.45) is -3.14. The van der Waals surface area contributed by atoms with Gasteiger partial charge in [-0.2, -0.15) is 0 Å². The van der Waals surface area contributed by atoms with E-state index in [4.69, 9.17) is 17.3 Å². The first kappa shape index (κ1) is 12.9. The molecule has 1 amide bonds. The van der Waals surface area contributed by atoms with Crippen LogP contribution in [0.3, 0.4) is 0 Å². The highest BCUT2D eigenvalue weighted by Crippen LogP contribution is 2.23. The van der Waals surface area contributed by atoms with E-state index in [2.05, 4.69) is 0 Å². The van der Waals surface area contributed by atoms with E-state index in [0.29, 0.717) is 0 Å². The van der Waals surface area contributed by atoms with Crippen molar-refractivity contribution < 1.29 is 19.4 Å². The van der Waals surface area contributed by atoms with E-state index in [1.807, 2.05) is 0 Å². The minimum atomic E-state index is -1.38. The van der Waals surface area contributed by atoms with Gasteiger partial charge in [-0.3, -0.25) is 4.79 Å². The predicted molar refractivity (Wildman–Crippen MR) is 56.2 cm³/mol. The SMILES string of the molecule is NC(=O)CC(O)C(O)c1ccc(Cl)c(F)c1. The van der Waals surface area contributed by atoms with Crippen molar-refractivity contribution in [2.24, 2.45) is 5.73 Å². The summed E-state index contributed by atoms with van der Waals surface area (Å²) in [5.74, 6) is -1.45. The molecule has 0 aliphatic heterocycles. The molecule has 0 radical (unpaired) electrons. The maximum Gasteiger partial charge on any atom is 0.220 e. The van der Waals surface area contributed by atoms with Crippen LogP contribution in [-0.2, 0) is 4.79 Å². The minimum absolute atomic E-state index is 0.0830. The molecule has 0 aliphatic carbocycles. The molecule has 0 heterocycles. The number of halogens is 2. The largest absolute Gasteiger partial charge is 0.390 e. The van der Waals surface area contributed by atoms with Crippen molar-refractivity contribution in [3.05, 3.63) is 34.6 Å². The zero-order valence-corrected chi connectivity index (χ0v) is 8.99. The second-order valence-electron chi connectivity index (χ2n) is 3.36. The number of aliphatic hydroxyl groups excluding tert-OH is 2. The Morgan fingerprint density at radius 3 is 2.62 bits per heavy atom. The summed E-state index contributed by atoms with van der Waals surface area (Å²) in [5.41, 5.74) is 4.99. The maximum absolute atomic E-state index is 13.0. The molecular formula is C10H11ClFNO3. The van der Waals surface area contributed by atoms with Gasteiger partial charge in [0.15, 0.2) is 0 Å². The summed E-state index contributed by atoms with van der Waals surface area (Å²) in [6.45, 7) is 0. The summed E-state index contributed by atoms with van der Waals surface area (Å²) < 4.78 is 13.0. The Labute approximate surface area is 96.4 Å². The van der Waals surface area contributed by atoms with Gasteiger partial charge < -0.3 is 15.9 Å². The molecule has 0 spiro atoms. The fourth-order valence-corrected chi connectivity index (χ4v) is 1.35. The number of hydrogen-bond donors (Lipinski definition) is 3. The number of nitrogens with two attached hydrogens (primary N) is 1. The molecule has 1 aromatic rings. The topological polar surface area (TPSA) is 83.6 Å². The fourth-order valence-electron chi connectivity index (χ4n) is 1.24. The molecule has 1 rings (SSSR count). The molecule has 0 bridgehead atoms. The fraction of sp³-hybridized carbons (Fsp3) is 0.300. The standard InChI is InChI=1S/C10H11ClFNO3/c11-6-2-1-5(3-7(6)12)10(16)8(14)4-9(13)15/h1-3,8,10,14,16H,4H2,(H2,13,15). The number of primary amides is 1. The second kappa shape index (κ2) is 5.25. The molecule has 0 aliphatic rings. The van der Waals surface area contributed by atoms with Gasteiger partial charge in [0, 0.05) is 0 Å². The summed E-state index contributed by atoms with van der Waals surface area (Å²) in [7, 11) is 0. The van der Waals surface area contributed by atoms with E-state index in [-0.39, 0.29) is 10.6 Å². The molecule has 0 saturated carbocycles. The number of aliphatic hydroxyl groups is 2. The molecule has 16 heavy (non-hydrogen) atoms. The summed E-state index contributed by atoms with van der Waals surface area (Å²) in [4.78, 5) is 10.5. The maximum atomic E-state index is 13.0. The number of hydrogen-bond acceptors (Lipinski definition) is 3. The molecule has 0 fully saturated rings. The van der Waals surface area contributed by atoms with Crippen LogP contribution in [0.4, 0.5) is 4.39 Å². The number of carbonyl (C=O) groups excluding carboxylic acids is 1. The van der Waals surface area contributed by atoms with Gasteiger partial charge in [0.25, 0.3) is 0 Å². The molecular weight excluding hydrogens is 237 g/mol. The summed E-state index contributed by atoms with van der Waals surface area (Å²) in [5, 5.41) is 18.9. The average molecular weight is 248 g/mol. The monoisotopic (exact) mass is 247 g/mol. The third kappa shape index (κ3) is 3.16. The van der Waals surface area contributed by atoms with Crippen LogP contribution in [0.15, 0.2) is 18.2 Å². The minimum Gasteiger partial charge on any atom is -0.390 e. The van der Waals surface area contributed by atoms with E-state index in [0.717, 1.165) is 6.07 Å². The first-order valence-electron chi connectivity index (χ1n) is 4.51. The van der Waals surface area contributed by atoms with Gasteiger partial charge in [-0.05, 0) is 17.7 Å². The van der Waals surface area contributed by atoms with Gasteiger partial charge >= 0.3 is 0 Å². The van der Waals surface area contributed by atoms with Crippen LogP contribution in [0.5, 0.6) is 0 Å². The zero-order chi connectivity index (χ0) is 12.3. The van der Waals surface area contributed by atoms with Crippen LogP contribution in [-0.4, -0.2) is 22.2 Å². The van der Waals surface area contributed by atoms with E-state index in [1.165, 1.54) is 12.1 Å². The Morgan fingerprint density at radius 1 is 1.50 bits per heavy atom. The Balaban J connectivity index is 2.83. The predicted octanol–water partition coefficient (Wildman–Crippen LogP) is 0.749. The van der Waals surface area contributed by atoms with Crippen LogP contribution in [0.2, 0.25) is 5.02 Å². The van der Waals surface area contributed by atoms with Crippen LogP contribution < -0.4 is 5.73 Å². The smallest absolute Gasteiger partial charge is 0.220 e. The molecule has 2 atom stereocenters. The molecule has 4 N–H and O–H groups in total. The van der Waals surface area contributed by atoms with Crippen molar-refractivity contribution in [1.29, 1.82) is 0 Å². The Kier molecular flexibility index (Phi) is 4.23. The van der Waals surface area contributed by atoms with E-state index >= 15 is 0 Å². The van der Waals surface area contributed by atoms with Crippen molar-refractivity contribution >= 4 is 17.5 Å². The van der Waals surface area contributed by atoms with Crippen molar-refractivity contribution in [2.45, 2.75) is 18.6 Å². The molecule has 88 valence electrons. The number of rotatable bonds is 4. The van der Waals surface area contributed by atoms with Crippen molar-refractivity contribution in [3.8, 4) is 0 Å². The first-order chi connectivity index (χ1) is 7.41.